The Morgan fingerprint density at radius 1 is 0.909 bits per heavy atom. The third-order valence-electron chi connectivity index (χ3n) is 3.43. The topological polar surface area (TPSA) is 21.3 Å². The minimum Gasteiger partial charge on any atom is -0.489 e. The summed E-state index contributed by atoms with van der Waals surface area (Å²) in [6, 6.07) is 18.6. The van der Waals surface area contributed by atoms with Gasteiger partial charge >= 0.3 is 0 Å². The van der Waals surface area contributed by atoms with Gasteiger partial charge in [-0.05, 0) is 36.2 Å². The van der Waals surface area contributed by atoms with Crippen molar-refractivity contribution in [2.45, 2.75) is 39.3 Å². The summed E-state index contributed by atoms with van der Waals surface area (Å²) in [5.74, 6) is 0.937. The van der Waals surface area contributed by atoms with Gasteiger partial charge in [-0.2, -0.15) is 0 Å². The molecule has 0 radical (unpaired) electrons. The van der Waals surface area contributed by atoms with E-state index in [1.165, 1.54) is 30.4 Å². The van der Waals surface area contributed by atoms with Crippen LogP contribution in [-0.4, -0.2) is 6.54 Å². The Labute approximate surface area is 140 Å². The summed E-state index contributed by atoms with van der Waals surface area (Å²) in [4.78, 5) is 0. The average molecular weight is 320 g/mol. The molecule has 0 heterocycles. The van der Waals surface area contributed by atoms with Crippen molar-refractivity contribution < 1.29 is 4.74 Å². The van der Waals surface area contributed by atoms with E-state index < -0.39 is 0 Å². The lowest BCUT2D eigenvalue weighted by Crippen LogP contribution is -2.14. The minimum absolute atomic E-state index is 0. The maximum atomic E-state index is 5.85. The van der Waals surface area contributed by atoms with Crippen LogP contribution in [0, 0.1) is 0 Å². The van der Waals surface area contributed by atoms with Gasteiger partial charge in [-0.3, -0.25) is 0 Å². The van der Waals surface area contributed by atoms with Crippen LogP contribution in [0.3, 0.4) is 0 Å². The van der Waals surface area contributed by atoms with Crippen molar-refractivity contribution in [2.75, 3.05) is 6.54 Å². The first-order chi connectivity index (χ1) is 10.4. The molecule has 2 aromatic rings. The summed E-state index contributed by atoms with van der Waals surface area (Å²) in [5, 5.41) is 3.48. The molecule has 2 aromatic carbocycles. The fraction of sp³-hybridized carbons (Fsp3) is 0.368. The molecule has 0 aliphatic heterocycles. The molecule has 0 amide bonds. The van der Waals surface area contributed by atoms with Crippen molar-refractivity contribution in [3.05, 3.63) is 65.7 Å². The first kappa shape index (κ1) is 18.5. The van der Waals surface area contributed by atoms with Gasteiger partial charge in [0, 0.05) is 6.54 Å². The Morgan fingerprint density at radius 3 is 2.45 bits per heavy atom. The summed E-state index contributed by atoms with van der Waals surface area (Å²) < 4.78 is 5.85. The average Bonchev–Trinajstić information content (AvgIpc) is 2.54. The van der Waals surface area contributed by atoms with Gasteiger partial charge in [0.15, 0.2) is 0 Å². The van der Waals surface area contributed by atoms with Crippen LogP contribution in [0.25, 0.3) is 0 Å². The maximum Gasteiger partial charge on any atom is 0.120 e. The molecule has 0 aliphatic rings. The molecular formula is C19H26ClNO. The number of nitrogens with one attached hydrogen (secondary N) is 1. The normalized spacial score (nSPS) is 10.0. The second-order valence-corrected chi connectivity index (χ2v) is 5.31. The number of hydrogen-bond acceptors (Lipinski definition) is 2. The van der Waals surface area contributed by atoms with Crippen LogP contribution >= 0.6 is 12.4 Å². The van der Waals surface area contributed by atoms with Crippen molar-refractivity contribution in [1.82, 2.24) is 5.32 Å². The molecule has 0 fully saturated rings. The SMILES string of the molecule is CCCCCNCc1cccc(OCc2ccccc2)c1.Cl. The van der Waals surface area contributed by atoms with Gasteiger partial charge in [-0.1, -0.05) is 62.2 Å². The van der Waals surface area contributed by atoms with Gasteiger partial charge in [-0.15, -0.1) is 12.4 Å². The number of hydrogen-bond donors (Lipinski definition) is 1. The zero-order chi connectivity index (χ0) is 14.8. The van der Waals surface area contributed by atoms with Gasteiger partial charge in [0.25, 0.3) is 0 Å². The van der Waals surface area contributed by atoms with E-state index in [9.17, 15) is 0 Å². The molecule has 0 aromatic heterocycles. The lowest BCUT2D eigenvalue weighted by Gasteiger charge is -2.09. The zero-order valence-corrected chi connectivity index (χ0v) is 14.1. The Kier molecular flexibility index (Phi) is 9.36. The van der Waals surface area contributed by atoms with Gasteiger partial charge in [-0.25, -0.2) is 0 Å². The van der Waals surface area contributed by atoms with Crippen molar-refractivity contribution in [1.29, 1.82) is 0 Å². The number of benzene rings is 2. The highest BCUT2D eigenvalue weighted by Crippen LogP contribution is 2.15. The van der Waals surface area contributed by atoms with Crippen LogP contribution in [0.5, 0.6) is 5.75 Å². The fourth-order valence-corrected chi connectivity index (χ4v) is 2.22. The third kappa shape index (κ3) is 6.97. The molecule has 2 rings (SSSR count). The van der Waals surface area contributed by atoms with Crippen LogP contribution < -0.4 is 10.1 Å². The van der Waals surface area contributed by atoms with Crippen LogP contribution in [0.2, 0.25) is 0 Å². The molecule has 2 nitrogen and oxygen atoms in total. The monoisotopic (exact) mass is 319 g/mol. The van der Waals surface area contributed by atoms with Gasteiger partial charge in [0.1, 0.15) is 12.4 Å². The molecule has 0 saturated heterocycles. The molecule has 22 heavy (non-hydrogen) atoms. The van der Waals surface area contributed by atoms with Gasteiger partial charge < -0.3 is 10.1 Å². The second-order valence-electron chi connectivity index (χ2n) is 5.31. The molecule has 0 spiro atoms. The number of ether oxygens (including phenoxy) is 1. The molecule has 0 atom stereocenters. The summed E-state index contributed by atoms with van der Waals surface area (Å²) in [5.41, 5.74) is 2.47. The van der Waals surface area contributed by atoms with Crippen LogP contribution in [0.15, 0.2) is 54.6 Å². The second kappa shape index (κ2) is 11.1. The lowest BCUT2D eigenvalue weighted by atomic mass is 10.2. The summed E-state index contributed by atoms with van der Waals surface area (Å²) in [6.07, 6.45) is 3.82. The van der Waals surface area contributed by atoms with Gasteiger partial charge in [0.05, 0.1) is 0 Å². The summed E-state index contributed by atoms with van der Waals surface area (Å²) in [6.45, 7) is 4.84. The van der Waals surface area contributed by atoms with E-state index in [-0.39, 0.29) is 12.4 Å². The first-order valence-electron chi connectivity index (χ1n) is 7.85. The van der Waals surface area contributed by atoms with Crippen molar-refractivity contribution in [2.24, 2.45) is 0 Å². The Hall–Kier alpha value is -1.51. The molecule has 1 N–H and O–H groups in total. The van der Waals surface area contributed by atoms with Crippen molar-refractivity contribution >= 4 is 12.4 Å². The number of unbranched alkanes of at least 4 members (excludes halogenated alkanes) is 2. The van der Waals surface area contributed by atoms with Crippen LogP contribution in [0.1, 0.15) is 37.3 Å². The van der Waals surface area contributed by atoms with E-state index in [1.54, 1.807) is 0 Å². The Balaban J connectivity index is 0.00000242. The maximum absolute atomic E-state index is 5.85. The standard InChI is InChI=1S/C19H25NO.ClH/c1-2-3-7-13-20-15-18-11-8-12-19(14-18)21-16-17-9-5-4-6-10-17;/h4-6,8-12,14,20H,2-3,7,13,15-16H2,1H3;1H. The zero-order valence-electron chi connectivity index (χ0n) is 13.3. The van der Waals surface area contributed by atoms with Gasteiger partial charge in [0.2, 0.25) is 0 Å². The molecule has 0 bridgehead atoms. The van der Waals surface area contributed by atoms with E-state index in [0.29, 0.717) is 6.61 Å². The minimum atomic E-state index is 0. The highest BCUT2D eigenvalue weighted by atomic mass is 35.5. The van der Waals surface area contributed by atoms with Crippen molar-refractivity contribution in [3.63, 3.8) is 0 Å². The Morgan fingerprint density at radius 2 is 1.68 bits per heavy atom. The Bertz CT molecular complexity index is 516. The summed E-state index contributed by atoms with van der Waals surface area (Å²) in [7, 11) is 0. The van der Waals surface area contributed by atoms with E-state index in [1.807, 2.05) is 24.3 Å². The molecule has 3 heteroatoms. The quantitative estimate of drug-likeness (QED) is 0.659. The van der Waals surface area contributed by atoms with E-state index >= 15 is 0 Å². The third-order valence-corrected chi connectivity index (χ3v) is 3.43. The molecule has 0 saturated carbocycles. The smallest absolute Gasteiger partial charge is 0.120 e. The number of rotatable bonds is 9. The highest BCUT2D eigenvalue weighted by molar-refractivity contribution is 5.85. The van der Waals surface area contributed by atoms with Crippen molar-refractivity contribution in [3.8, 4) is 5.75 Å². The molecule has 0 aliphatic carbocycles. The van der Waals surface area contributed by atoms with E-state index in [2.05, 4.69) is 42.6 Å². The highest BCUT2D eigenvalue weighted by Gasteiger charge is 1.98. The predicted octanol–water partition coefficient (Wildman–Crippen LogP) is 4.97. The predicted molar refractivity (Wildman–Crippen MR) is 95.7 cm³/mol. The molecular weight excluding hydrogens is 294 g/mol. The lowest BCUT2D eigenvalue weighted by molar-refractivity contribution is 0.306. The van der Waals surface area contributed by atoms with E-state index in [4.69, 9.17) is 4.74 Å². The first-order valence-corrected chi connectivity index (χ1v) is 7.85. The fourth-order valence-electron chi connectivity index (χ4n) is 2.22. The van der Waals surface area contributed by atoms with Crippen LogP contribution in [0.4, 0.5) is 0 Å². The summed E-state index contributed by atoms with van der Waals surface area (Å²) >= 11 is 0. The molecule has 0 unspecified atom stereocenters. The largest absolute Gasteiger partial charge is 0.489 e. The van der Waals surface area contributed by atoms with E-state index in [0.717, 1.165) is 18.8 Å². The van der Waals surface area contributed by atoms with Crippen LogP contribution in [-0.2, 0) is 13.2 Å². The number of halogens is 1. The molecule has 120 valence electrons.